The van der Waals surface area contributed by atoms with E-state index in [1.54, 1.807) is 13.8 Å². The third-order valence-corrected chi connectivity index (χ3v) is 0.624. The van der Waals surface area contributed by atoms with Crippen molar-refractivity contribution in [3.05, 3.63) is 12.2 Å². The number of rotatable bonds is 2. The third kappa shape index (κ3) is 5.03. The molecule has 0 aromatic rings. The van der Waals surface area contributed by atoms with E-state index in [0.717, 1.165) is 0 Å². The molecule has 0 aliphatic heterocycles. The van der Waals surface area contributed by atoms with Crippen LogP contribution in [0.2, 0.25) is 0 Å². The molecular weight excluding hydrogens is 120 g/mol. The zero-order valence-corrected chi connectivity index (χ0v) is 5.73. The molecule has 54 valence electrons. The fraction of sp³-hybridized carbons (Fsp3) is 0.500. The Balaban J connectivity index is 0. The quantitative estimate of drug-likeness (QED) is 0.401. The molecule has 3 heteroatoms. The zero-order valence-electron chi connectivity index (χ0n) is 5.73. The van der Waals surface area contributed by atoms with Gasteiger partial charge in [-0.3, -0.25) is 0 Å². The van der Waals surface area contributed by atoms with Gasteiger partial charge in [-0.1, -0.05) is 6.58 Å². The van der Waals surface area contributed by atoms with E-state index in [0.29, 0.717) is 12.2 Å². The van der Waals surface area contributed by atoms with Crippen LogP contribution in [-0.4, -0.2) is 18.1 Å². The summed E-state index contributed by atoms with van der Waals surface area (Å²) in [6.07, 6.45) is 0. The Morgan fingerprint density at radius 1 is 1.67 bits per heavy atom. The van der Waals surface area contributed by atoms with Gasteiger partial charge in [-0.25, -0.2) is 4.79 Å². The van der Waals surface area contributed by atoms with E-state index < -0.39 is 0 Å². The number of carbonyl (C=O) groups excluding carboxylic acids is 1. The number of esters is 1. The SMILES string of the molecule is C=C(C)C(=O)OCC.O. The molecule has 0 fully saturated rings. The molecule has 0 atom stereocenters. The minimum atomic E-state index is -0.312. The second kappa shape index (κ2) is 5.31. The number of hydrogen-bond acceptors (Lipinski definition) is 2. The first-order valence-electron chi connectivity index (χ1n) is 2.51. The molecule has 0 radical (unpaired) electrons. The maximum absolute atomic E-state index is 10.4. The van der Waals surface area contributed by atoms with Gasteiger partial charge in [0.1, 0.15) is 0 Å². The standard InChI is InChI=1S/C6H10O2.H2O/c1-4-8-6(7)5(2)3;/h2,4H2,1,3H3;1H2. The van der Waals surface area contributed by atoms with Crippen LogP contribution >= 0.6 is 0 Å². The molecule has 9 heavy (non-hydrogen) atoms. The van der Waals surface area contributed by atoms with Gasteiger partial charge in [-0.2, -0.15) is 0 Å². The summed E-state index contributed by atoms with van der Waals surface area (Å²) in [5.74, 6) is -0.312. The highest BCUT2D eigenvalue weighted by atomic mass is 16.5. The smallest absolute Gasteiger partial charge is 0.333 e. The van der Waals surface area contributed by atoms with Crippen molar-refractivity contribution < 1.29 is 15.0 Å². The van der Waals surface area contributed by atoms with E-state index in [9.17, 15) is 4.79 Å². The molecule has 0 saturated heterocycles. The van der Waals surface area contributed by atoms with Crippen molar-refractivity contribution in [2.45, 2.75) is 13.8 Å². The highest BCUT2D eigenvalue weighted by Crippen LogP contribution is 1.89. The second-order valence-electron chi connectivity index (χ2n) is 1.50. The highest BCUT2D eigenvalue weighted by Gasteiger charge is 1.98. The van der Waals surface area contributed by atoms with Crippen molar-refractivity contribution in [3.63, 3.8) is 0 Å². The predicted molar refractivity (Wildman–Crippen MR) is 35.1 cm³/mol. The maximum Gasteiger partial charge on any atom is 0.333 e. The summed E-state index contributed by atoms with van der Waals surface area (Å²) in [4.78, 5) is 10.4. The molecule has 0 heterocycles. The maximum atomic E-state index is 10.4. The van der Waals surface area contributed by atoms with Crippen LogP contribution in [0.3, 0.4) is 0 Å². The summed E-state index contributed by atoms with van der Waals surface area (Å²) in [6, 6.07) is 0. The highest BCUT2D eigenvalue weighted by molar-refractivity contribution is 5.86. The van der Waals surface area contributed by atoms with E-state index in [1.807, 2.05) is 0 Å². The van der Waals surface area contributed by atoms with Crippen LogP contribution in [0, 0.1) is 0 Å². The topological polar surface area (TPSA) is 57.8 Å². The van der Waals surface area contributed by atoms with E-state index >= 15 is 0 Å². The lowest BCUT2D eigenvalue weighted by atomic mass is 10.4. The van der Waals surface area contributed by atoms with Crippen molar-refractivity contribution in [3.8, 4) is 0 Å². The molecule has 0 rings (SSSR count). The minimum absolute atomic E-state index is 0. The number of hydrogen-bond donors (Lipinski definition) is 0. The van der Waals surface area contributed by atoms with E-state index in [2.05, 4.69) is 11.3 Å². The molecule has 0 aliphatic carbocycles. The van der Waals surface area contributed by atoms with E-state index in [4.69, 9.17) is 0 Å². The summed E-state index contributed by atoms with van der Waals surface area (Å²) < 4.78 is 4.56. The van der Waals surface area contributed by atoms with E-state index in [-0.39, 0.29) is 11.4 Å². The van der Waals surface area contributed by atoms with Gasteiger partial charge in [-0.05, 0) is 13.8 Å². The van der Waals surface area contributed by atoms with Gasteiger partial charge in [-0.15, -0.1) is 0 Å². The normalized spacial score (nSPS) is 7.33. The molecule has 0 spiro atoms. The van der Waals surface area contributed by atoms with Gasteiger partial charge in [0.25, 0.3) is 0 Å². The van der Waals surface area contributed by atoms with Crippen molar-refractivity contribution in [1.29, 1.82) is 0 Å². The summed E-state index contributed by atoms with van der Waals surface area (Å²) in [6.45, 7) is 7.21. The van der Waals surface area contributed by atoms with Gasteiger partial charge in [0.2, 0.25) is 0 Å². The molecule has 2 N–H and O–H groups in total. The van der Waals surface area contributed by atoms with Crippen LogP contribution < -0.4 is 0 Å². The van der Waals surface area contributed by atoms with E-state index in [1.165, 1.54) is 0 Å². The number of ether oxygens (including phenoxy) is 1. The predicted octanol–water partition coefficient (Wildman–Crippen LogP) is 0.301. The van der Waals surface area contributed by atoms with Crippen molar-refractivity contribution in [2.24, 2.45) is 0 Å². The van der Waals surface area contributed by atoms with Gasteiger partial charge in [0.05, 0.1) is 6.61 Å². The zero-order chi connectivity index (χ0) is 6.57. The van der Waals surface area contributed by atoms with Gasteiger partial charge in [0.15, 0.2) is 0 Å². The first-order valence-corrected chi connectivity index (χ1v) is 2.51. The Kier molecular flexibility index (Phi) is 6.51. The first kappa shape index (κ1) is 11.0. The first-order chi connectivity index (χ1) is 3.68. The fourth-order valence-corrected chi connectivity index (χ4v) is 0.254. The lowest BCUT2D eigenvalue weighted by molar-refractivity contribution is -0.138. The van der Waals surface area contributed by atoms with Crippen LogP contribution in [0.25, 0.3) is 0 Å². The van der Waals surface area contributed by atoms with Crippen LogP contribution in [-0.2, 0) is 9.53 Å². The fourth-order valence-electron chi connectivity index (χ4n) is 0.254. The Morgan fingerprint density at radius 3 is 2.22 bits per heavy atom. The van der Waals surface area contributed by atoms with Crippen LogP contribution in [0.5, 0.6) is 0 Å². The molecule has 3 nitrogen and oxygen atoms in total. The molecule has 0 saturated carbocycles. The Bertz CT molecular complexity index is 107. The third-order valence-electron chi connectivity index (χ3n) is 0.624. The van der Waals surface area contributed by atoms with Crippen LogP contribution in [0.4, 0.5) is 0 Å². The lowest BCUT2D eigenvalue weighted by Crippen LogP contribution is -2.03. The molecule has 0 aromatic heterocycles. The van der Waals surface area contributed by atoms with Gasteiger partial charge in [0, 0.05) is 5.57 Å². The number of carbonyl (C=O) groups is 1. The van der Waals surface area contributed by atoms with Crippen molar-refractivity contribution in [1.82, 2.24) is 0 Å². The average Bonchev–Trinajstić information content (AvgIpc) is 1.67. The Morgan fingerprint density at radius 2 is 2.11 bits per heavy atom. The largest absolute Gasteiger partial charge is 0.463 e. The summed E-state index contributed by atoms with van der Waals surface area (Å²) in [7, 11) is 0. The second-order valence-corrected chi connectivity index (χ2v) is 1.50. The molecule has 0 aliphatic rings. The monoisotopic (exact) mass is 132 g/mol. The molecule has 0 aromatic carbocycles. The Hall–Kier alpha value is -0.830. The molecule has 0 amide bonds. The molecule has 0 bridgehead atoms. The summed E-state index contributed by atoms with van der Waals surface area (Å²) >= 11 is 0. The van der Waals surface area contributed by atoms with Crippen LogP contribution in [0.1, 0.15) is 13.8 Å². The molecular formula is C6H12O3. The van der Waals surface area contributed by atoms with Gasteiger partial charge < -0.3 is 10.2 Å². The van der Waals surface area contributed by atoms with Crippen LogP contribution in [0.15, 0.2) is 12.2 Å². The minimum Gasteiger partial charge on any atom is -0.463 e. The summed E-state index contributed by atoms with van der Waals surface area (Å²) in [5.41, 5.74) is 0.451. The molecule has 0 unspecified atom stereocenters. The summed E-state index contributed by atoms with van der Waals surface area (Å²) in [5, 5.41) is 0. The van der Waals surface area contributed by atoms with Gasteiger partial charge >= 0.3 is 5.97 Å². The van der Waals surface area contributed by atoms with Crippen molar-refractivity contribution in [2.75, 3.05) is 6.61 Å². The Labute approximate surface area is 54.6 Å². The lowest BCUT2D eigenvalue weighted by Gasteiger charge is -1.96. The van der Waals surface area contributed by atoms with Crippen molar-refractivity contribution >= 4 is 5.97 Å². The average molecular weight is 132 g/mol.